The van der Waals surface area contributed by atoms with E-state index in [9.17, 15) is 26.4 Å². The van der Waals surface area contributed by atoms with Crippen LogP contribution in [0.4, 0.5) is 13.2 Å². The van der Waals surface area contributed by atoms with E-state index in [1.165, 1.54) is 30.5 Å². The summed E-state index contributed by atoms with van der Waals surface area (Å²) < 4.78 is 64.1. The Hall–Kier alpha value is -3.43. The highest BCUT2D eigenvalue weighted by atomic mass is 35.5. The number of aromatic nitrogens is 2. The first-order valence-electron chi connectivity index (χ1n) is 9.81. The van der Waals surface area contributed by atoms with Crippen LogP contribution < -0.4 is 5.56 Å². The van der Waals surface area contributed by atoms with Gasteiger partial charge in [0.2, 0.25) is 0 Å². The summed E-state index contributed by atoms with van der Waals surface area (Å²) in [6.45, 7) is 0. The maximum Gasteiger partial charge on any atom is 0.416 e. The molecule has 0 aliphatic carbocycles. The Bertz CT molecular complexity index is 1530. The molecule has 0 aliphatic heterocycles. The predicted molar refractivity (Wildman–Crippen MR) is 124 cm³/mol. The molecule has 1 heterocycles. The van der Waals surface area contributed by atoms with E-state index in [2.05, 4.69) is 5.10 Å². The van der Waals surface area contributed by atoms with E-state index in [0.717, 1.165) is 23.1 Å². The molecule has 3 aromatic carbocycles. The highest BCUT2D eigenvalue weighted by molar-refractivity contribution is 7.90. The van der Waals surface area contributed by atoms with E-state index >= 15 is 0 Å². The van der Waals surface area contributed by atoms with Gasteiger partial charge in [0.05, 0.1) is 27.9 Å². The third-order valence-corrected chi connectivity index (χ3v) is 6.50. The van der Waals surface area contributed by atoms with Crippen molar-refractivity contribution in [1.29, 1.82) is 0 Å². The average molecular weight is 505 g/mol. The van der Waals surface area contributed by atoms with Gasteiger partial charge in [-0.1, -0.05) is 41.9 Å². The molecule has 0 aliphatic rings. The molecule has 0 saturated carbocycles. The minimum absolute atomic E-state index is 0.0472. The molecule has 5 nitrogen and oxygen atoms in total. The second-order valence-electron chi connectivity index (χ2n) is 7.50. The van der Waals surface area contributed by atoms with Gasteiger partial charge in [-0.2, -0.15) is 23.0 Å². The van der Waals surface area contributed by atoms with Crippen LogP contribution in [0.25, 0.3) is 27.9 Å². The molecule has 0 amide bonds. The summed E-state index contributed by atoms with van der Waals surface area (Å²) in [5.41, 5.74) is -0.0582. The van der Waals surface area contributed by atoms with Crippen LogP contribution in [0, 0.1) is 0 Å². The minimum atomic E-state index is -4.58. The molecule has 0 spiro atoms. The molecular formula is C24H16ClF3N2O3S. The zero-order chi connectivity index (χ0) is 24.7. The summed E-state index contributed by atoms with van der Waals surface area (Å²) in [6.07, 6.45) is -2.14. The molecule has 0 N–H and O–H groups in total. The van der Waals surface area contributed by atoms with Gasteiger partial charge < -0.3 is 0 Å². The average Bonchev–Trinajstić information content (AvgIpc) is 2.79. The largest absolute Gasteiger partial charge is 0.416 e. The Kier molecular flexibility index (Phi) is 6.09. The van der Waals surface area contributed by atoms with Crippen LogP contribution in [-0.4, -0.2) is 24.5 Å². The summed E-state index contributed by atoms with van der Waals surface area (Å²) >= 11 is 5.98. The number of alkyl halides is 3. The number of halogens is 4. The van der Waals surface area contributed by atoms with E-state index in [0.29, 0.717) is 21.7 Å². The number of rotatable bonds is 4. The number of hydrogen-bond acceptors (Lipinski definition) is 4. The normalized spacial score (nSPS) is 12.0. The van der Waals surface area contributed by atoms with Gasteiger partial charge in [-0.25, -0.2) is 8.42 Å². The summed E-state index contributed by atoms with van der Waals surface area (Å²) in [6, 6.07) is 16.6. The Balaban J connectivity index is 1.95. The first kappa shape index (κ1) is 23.7. The molecule has 0 radical (unpaired) electrons. The molecule has 4 rings (SSSR count). The second-order valence-corrected chi connectivity index (χ2v) is 9.95. The molecule has 0 saturated heterocycles. The number of hydrogen-bond donors (Lipinski definition) is 0. The van der Waals surface area contributed by atoms with Gasteiger partial charge in [-0.05, 0) is 53.6 Å². The van der Waals surface area contributed by atoms with Gasteiger partial charge in [0.25, 0.3) is 5.56 Å². The van der Waals surface area contributed by atoms with Crippen LogP contribution >= 0.6 is 11.6 Å². The molecular weight excluding hydrogens is 489 g/mol. The second kappa shape index (κ2) is 8.73. The van der Waals surface area contributed by atoms with Crippen LogP contribution in [0.1, 0.15) is 5.56 Å². The molecule has 34 heavy (non-hydrogen) atoms. The SMILES string of the molecule is CS(=O)(=O)c1ccc(-c2cnn(-c3cccc(C(F)(F)F)c3)c(=O)c2-c2ccc(Cl)cc2)cc1. The highest BCUT2D eigenvalue weighted by Gasteiger charge is 2.30. The lowest BCUT2D eigenvalue weighted by Crippen LogP contribution is -2.24. The summed E-state index contributed by atoms with van der Waals surface area (Å²) in [5, 5.41) is 4.56. The van der Waals surface area contributed by atoms with Gasteiger partial charge >= 0.3 is 6.18 Å². The first-order chi connectivity index (χ1) is 15.9. The lowest BCUT2D eigenvalue weighted by molar-refractivity contribution is -0.137. The van der Waals surface area contributed by atoms with Gasteiger partial charge in [-0.3, -0.25) is 4.79 Å². The molecule has 174 valence electrons. The standard InChI is InChI=1S/C24H16ClF3N2O3S/c1-34(32,33)20-11-7-15(8-12-20)21-14-29-30(19-4-2-3-17(13-19)24(26,27)28)23(31)22(21)16-5-9-18(25)10-6-16/h2-14H,1H3. The van der Waals surface area contributed by atoms with Crippen molar-refractivity contribution < 1.29 is 21.6 Å². The third-order valence-electron chi connectivity index (χ3n) is 5.12. The summed E-state index contributed by atoms with van der Waals surface area (Å²) in [7, 11) is -3.42. The topological polar surface area (TPSA) is 69.0 Å². The highest BCUT2D eigenvalue weighted by Crippen LogP contribution is 2.32. The molecule has 0 atom stereocenters. The third kappa shape index (κ3) is 4.76. The summed E-state index contributed by atoms with van der Waals surface area (Å²) in [4.78, 5) is 13.6. The van der Waals surface area contributed by atoms with Crippen LogP contribution in [-0.2, 0) is 16.0 Å². The van der Waals surface area contributed by atoms with E-state index < -0.39 is 27.1 Å². The van der Waals surface area contributed by atoms with Crippen LogP contribution in [0.3, 0.4) is 0 Å². The minimum Gasteiger partial charge on any atom is -0.267 e. The Morgan fingerprint density at radius 2 is 1.53 bits per heavy atom. The van der Waals surface area contributed by atoms with E-state index in [-0.39, 0.29) is 16.1 Å². The Labute approximate surface area is 198 Å². The Morgan fingerprint density at radius 1 is 0.912 bits per heavy atom. The molecule has 0 bridgehead atoms. The lowest BCUT2D eigenvalue weighted by Gasteiger charge is -2.14. The van der Waals surface area contributed by atoms with Gasteiger partial charge in [0.1, 0.15) is 0 Å². The van der Waals surface area contributed by atoms with Crippen molar-refractivity contribution in [3.05, 3.63) is 99.9 Å². The number of benzene rings is 3. The van der Waals surface area contributed by atoms with E-state index in [4.69, 9.17) is 11.6 Å². The van der Waals surface area contributed by atoms with E-state index in [1.54, 1.807) is 36.4 Å². The smallest absolute Gasteiger partial charge is 0.267 e. The molecule has 10 heteroatoms. The van der Waals surface area contributed by atoms with Crippen LogP contribution in [0.5, 0.6) is 0 Å². The van der Waals surface area contributed by atoms with Crippen molar-refractivity contribution in [1.82, 2.24) is 9.78 Å². The number of sulfone groups is 1. The van der Waals surface area contributed by atoms with Crippen molar-refractivity contribution >= 4 is 21.4 Å². The summed E-state index contributed by atoms with van der Waals surface area (Å²) in [5.74, 6) is 0. The van der Waals surface area contributed by atoms with E-state index in [1.807, 2.05) is 0 Å². The quantitative estimate of drug-likeness (QED) is 0.360. The zero-order valence-corrected chi connectivity index (χ0v) is 19.1. The molecule has 0 unspecified atom stereocenters. The maximum absolute atomic E-state index is 13.5. The number of nitrogens with zero attached hydrogens (tertiary/aromatic N) is 2. The van der Waals surface area contributed by atoms with Gasteiger partial charge in [0.15, 0.2) is 9.84 Å². The van der Waals surface area contributed by atoms with Crippen molar-refractivity contribution in [2.24, 2.45) is 0 Å². The van der Waals surface area contributed by atoms with Gasteiger partial charge in [-0.15, -0.1) is 0 Å². The Morgan fingerprint density at radius 3 is 2.12 bits per heavy atom. The predicted octanol–water partition coefficient (Wildman–Crippen LogP) is 5.64. The fourth-order valence-electron chi connectivity index (χ4n) is 3.45. The van der Waals surface area contributed by atoms with Gasteiger partial charge in [0, 0.05) is 16.8 Å². The maximum atomic E-state index is 13.5. The van der Waals surface area contributed by atoms with Crippen molar-refractivity contribution in [3.63, 3.8) is 0 Å². The fourth-order valence-corrected chi connectivity index (χ4v) is 4.20. The molecule has 1 aromatic heterocycles. The van der Waals surface area contributed by atoms with Crippen molar-refractivity contribution in [3.8, 4) is 27.9 Å². The first-order valence-corrected chi connectivity index (χ1v) is 12.1. The molecule has 0 fully saturated rings. The van der Waals surface area contributed by atoms with Crippen LogP contribution in [0.2, 0.25) is 5.02 Å². The zero-order valence-electron chi connectivity index (χ0n) is 17.5. The van der Waals surface area contributed by atoms with Crippen molar-refractivity contribution in [2.45, 2.75) is 11.1 Å². The molecule has 4 aromatic rings. The fraction of sp³-hybridized carbons (Fsp3) is 0.0833. The van der Waals surface area contributed by atoms with Crippen LogP contribution in [0.15, 0.2) is 88.7 Å². The lowest BCUT2D eigenvalue weighted by atomic mass is 9.97. The van der Waals surface area contributed by atoms with Crippen molar-refractivity contribution in [2.75, 3.05) is 6.26 Å². The monoisotopic (exact) mass is 504 g/mol.